The molecule has 78 heavy (non-hydrogen) atoms. The first-order valence-corrected chi connectivity index (χ1v) is 21.1. The van der Waals surface area contributed by atoms with Gasteiger partial charge < -0.3 is 49.9 Å². The molecule has 0 aliphatic rings. The highest BCUT2D eigenvalue weighted by Crippen LogP contribution is 2.34. The monoisotopic (exact) mass is 1120 g/mol. The minimum absolute atomic E-state index is 0. The number of pyridine rings is 2. The lowest BCUT2D eigenvalue weighted by molar-refractivity contribution is -0.384. The molecule has 5 N–H and O–H groups in total. The fraction of sp³-hybridized carbons (Fsp3) is 0.269. The third-order valence-electron chi connectivity index (χ3n) is 9.15. The molecule has 4 aromatic carbocycles. The average molecular weight is 1120 g/mol. The van der Waals surface area contributed by atoms with Crippen LogP contribution in [0.5, 0.6) is 23.0 Å². The number of aromatic nitrogens is 4. The molecule has 0 aliphatic carbocycles. The molecule has 3 aromatic heterocycles. The number of anilines is 5. The van der Waals surface area contributed by atoms with E-state index in [0.29, 0.717) is 57.3 Å². The molecule has 424 valence electrons. The number of thiocarbonyl (C=S) groups is 1. The molecule has 3 heterocycles. The van der Waals surface area contributed by atoms with Gasteiger partial charge in [0.2, 0.25) is 5.95 Å². The van der Waals surface area contributed by atoms with Crippen molar-refractivity contribution in [1.29, 1.82) is 0 Å². The van der Waals surface area contributed by atoms with Gasteiger partial charge in [0, 0.05) is 71.7 Å². The molecule has 7 rings (SSSR count). The van der Waals surface area contributed by atoms with Gasteiger partial charge >= 0.3 is 12.4 Å². The number of ether oxygens (including phenoxy) is 4. The van der Waals surface area contributed by atoms with Crippen molar-refractivity contribution in [3.63, 3.8) is 0 Å². The minimum atomic E-state index is -4.39. The third kappa shape index (κ3) is 22.0. The number of imidazole rings is 1. The second-order valence-corrected chi connectivity index (χ2v) is 14.4. The zero-order valence-corrected chi connectivity index (χ0v) is 39.9. The van der Waals surface area contributed by atoms with Crippen LogP contribution in [0.25, 0.3) is 11.0 Å². The normalized spacial score (nSPS) is 9.95. The molecule has 0 fully saturated rings. The smallest absolute Gasteiger partial charge is 0.416 e. The summed E-state index contributed by atoms with van der Waals surface area (Å²) in [5.74, 6) is 2.01. The highest BCUT2D eigenvalue weighted by molar-refractivity contribution is 7.78. The number of hydrogen-bond donors (Lipinski definition) is 5. The van der Waals surface area contributed by atoms with Crippen molar-refractivity contribution in [2.24, 2.45) is 12.0 Å². The summed E-state index contributed by atoms with van der Waals surface area (Å²) in [6, 6.07) is 25.2. The maximum atomic E-state index is 12.8. The van der Waals surface area contributed by atoms with Gasteiger partial charge in [-0.05, 0) is 97.1 Å². The summed E-state index contributed by atoms with van der Waals surface area (Å²) in [5, 5.41) is 31.1. The lowest BCUT2D eigenvalue weighted by Crippen LogP contribution is -2.17. The molecule has 0 radical (unpaired) electrons. The number of nitrogens with one attached hydrogen (secondary N) is 4. The average Bonchev–Trinajstić information content (AvgIpc) is 3.65. The predicted molar refractivity (Wildman–Crippen MR) is 296 cm³/mol. The van der Waals surface area contributed by atoms with Crippen molar-refractivity contribution in [2.75, 3.05) is 62.9 Å². The number of carbonyl (C=O) groups excluding carboxylic acids is 2. The molecule has 0 saturated carbocycles. The number of carbonyl (C=O) groups is 2. The van der Waals surface area contributed by atoms with Crippen LogP contribution in [0.4, 0.5) is 66.7 Å². The molecule has 2 amide bonds. The quantitative estimate of drug-likeness (QED) is 0.0211. The fourth-order valence-electron chi connectivity index (χ4n) is 5.92. The second kappa shape index (κ2) is 34.2. The number of aliphatic hydroxyl groups excluding tert-OH is 1. The molecule has 0 bridgehead atoms. The SMILES string of the molecule is C.C.C.C.C.CNc1ccc(Oc2ccnc(NC(=O)COC)c2)cc1[N+](=O)[O-].CO.COCC(=O)Nc1cc(Oc2ccc3c(c2)nc(Nc2ccc(C(F)(F)F)cc2)n3C)ccn1.FC(F)(F)c1ccc(N=C=S)cc1. The lowest BCUT2D eigenvalue weighted by Gasteiger charge is -2.09. The van der Waals surface area contributed by atoms with E-state index in [1.54, 1.807) is 61.1 Å². The summed E-state index contributed by atoms with van der Waals surface area (Å²) in [5.41, 5.74) is 1.12. The maximum absolute atomic E-state index is 12.8. The molecule has 0 atom stereocenters. The number of nitrogens with zero attached hydrogens (tertiary/aromatic N) is 6. The van der Waals surface area contributed by atoms with Gasteiger partial charge in [-0.1, -0.05) is 37.1 Å². The predicted octanol–water partition coefficient (Wildman–Crippen LogP) is 13.7. The summed E-state index contributed by atoms with van der Waals surface area (Å²) in [7, 11) is 7.22. The molecule has 0 unspecified atom stereocenters. The molecule has 0 spiro atoms. The maximum Gasteiger partial charge on any atom is 0.416 e. The van der Waals surface area contributed by atoms with Crippen molar-refractivity contribution in [3.05, 3.63) is 143 Å². The number of rotatable bonds is 15. The fourth-order valence-corrected chi connectivity index (χ4v) is 6.03. The summed E-state index contributed by atoms with van der Waals surface area (Å²) in [4.78, 5) is 49.8. The van der Waals surface area contributed by atoms with Crippen LogP contribution in [-0.2, 0) is 38.5 Å². The standard InChI is InChI=1S/C23H20F3N5O3.C15H16N4O5.C8H4F3NS.CH4O.5CH4/c1-31-19-8-7-16(34-17-9-10-27-20(12-17)30-21(32)13-33-2)11-18(19)29-22(31)28-15-5-3-14(4-6-15)23(24,25)26;1-16-12-4-3-10(7-13(12)19(21)22)24-11-5-6-17-14(8-11)18-15(20)9-23-2;9-8(10,11)6-1-3-7(4-2-6)12-5-13;1-2;;;;;/h3-12H,13H2,1-2H3,(H,28,29)(H,27,30,32);3-8,16H,9H2,1-2H3,(H,17,18,20);1-4H;2H,1H3;5*1H4. The summed E-state index contributed by atoms with van der Waals surface area (Å²) in [6.07, 6.45) is -5.74. The highest BCUT2D eigenvalue weighted by atomic mass is 32.1. The van der Waals surface area contributed by atoms with Crippen LogP contribution >= 0.6 is 12.2 Å². The summed E-state index contributed by atoms with van der Waals surface area (Å²) in [6.45, 7) is -0.184. The van der Waals surface area contributed by atoms with Crippen molar-refractivity contribution >= 4 is 80.6 Å². The van der Waals surface area contributed by atoms with Gasteiger partial charge in [0.25, 0.3) is 17.5 Å². The van der Waals surface area contributed by atoms with Crippen LogP contribution < -0.4 is 30.7 Å². The van der Waals surface area contributed by atoms with Crippen LogP contribution in [0.2, 0.25) is 0 Å². The number of nitro groups is 1. The van der Waals surface area contributed by atoms with E-state index in [1.165, 1.54) is 63.0 Å². The number of methoxy groups -OCH3 is 2. The van der Waals surface area contributed by atoms with Crippen molar-refractivity contribution in [1.82, 2.24) is 19.5 Å². The zero-order chi connectivity index (χ0) is 53.7. The van der Waals surface area contributed by atoms with E-state index < -0.39 is 28.4 Å². The topological polar surface area (TPSA) is 239 Å². The minimum Gasteiger partial charge on any atom is -0.457 e. The van der Waals surface area contributed by atoms with E-state index in [1.807, 2.05) is 6.07 Å². The van der Waals surface area contributed by atoms with Gasteiger partial charge in [0.15, 0.2) is 0 Å². The Morgan fingerprint density at radius 1 is 0.705 bits per heavy atom. The van der Waals surface area contributed by atoms with Crippen LogP contribution in [0.15, 0.2) is 127 Å². The van der Waals surface area contributed by atoms with E-state index in [9.17, 15) is 46.0 Å². The molecule has 26 heteroatoms. The van der Waals surface area contributed by atoms with E-state index in [2.05, 4.69) is 58.6 Å². The number of halogens is 6. The van der Waals surface area contributed by atoms with Gasteiger partial charge in [-0.25, -0.2) is 15.0 Å². The van der Waals surface area contributed by atoms with E-state index >= 15 is 0 Å². The van der Waals surface area contributed by atoms with Crippen LogP contribution in [0.3, 0.4) is 0 Å². The Morgan fingerprint density at radius 3 is 1.59 bits per heavy atom. The Bertz CT molecular complexity index is 3010. The number of nitro benzene ring substituents is 1. The molecule has 0 aliphatic heterocycles. The van der Waals surface area contributed by atoms with Gasteiger partial charge in [-0.2, -0.15) is 31.3 Å². The number of aliphatic imine (C=N–C) groups is 1. The Kier molecular flexibility index (Phi) is 31.3. The van der Waals surface area contributed by atoms with Crippen molar-refractivity contribution in [3.8, 4) is 23.0 Å². The first-order valence-electron chi connectivity index (χ1n) is 20.7. The number of aliphatic hydroxyl groups is 1. The molecular weight excluding hydrogens is 1050 g/mol. The van der Waals surface area contributed by atoms with Gasteiger partial charge in [0.1, 0.15) is 53.5 Å². The number of fused-ring (bicyclic) bond motifs is 1. The van der Waals surface area contributed by atoms with Gasteiger partial charge in [0.05, 0.1) is 44.0 Å². The first kappa shape index (κ1) is 71.5. The Balaban J connectivity index is 0. The van der Waals surface area contributed by atoms with Gasteiger partial charge in [-0.3, -0.25) is 19.7 Å². The first-order chi connectivity index (χ1) is 34.8. The third-order valence-corrected chi connectivity index (χ3v) is 9.24. The molecule has 19 nitrogen and oxygen atoms in total. The number of hydrogen-bond acceptors (Lipinski definition) is 16. The summed E-state index contributed by atoms with van der Waals surface area (Å²) >= 11 is 4.30. The number of alkyl halides is 6. The van der Waals surface area contributed by atoms with Crippen molar-refractivity contribution in [2.45, 2.75) is 49.5 Å². The van der Waals surface area contributed by atoms with E-state index in [-0.39, 0.29) is 73.7 Å². The van der Waals surface area contributed by atoms with Crippen LogP contribution in [-0.4, -0.2) is 88.1 Å². The zero-order valence-electron chi connectivity index (χ0n) is 39.0. The Morgan fingerprint density at radius 2 is 1.15 bits per heavy atom. The number of aryl methyl sites for hydroxylation is 1. The number of amides is 2. The van der Waals surface area contributed by atoms with Crippen LogP contribution in [0.1, 0.15) is 48.3 Å². The number of benzene rings is 4. The van der Waals surface area contributed by atoms with E-state index in [0.717, 1.165) is 36.9 Å². The molecule has 0 saturated heterocycles. The molecule has 7 aromatic rings. The summed E-state index contributed by atoms with van der Waals surface area (Å²) < 4.78 is 97.2. The lowest BCUT2D eigenvalue weighted by atomic mass is 10.2. The Hall–Kier alpha value is -8.55. The second-order valence-electron chi connectivity index (χ2n) is 14.2. The van der Waals surface area contributed by atoms with Crippen LogP contribution in [0, 0.1) is 10.1 Å². The van der Waals surface area contributed by atoms with E-state index in [4.69, 9.17) is 24.1 Å². The van der Waals surface area contributed by atoms with Gasteiger partial charge in [-0.15, -0.1) is 0 Å². The largest absolute Gasteiger partial charge is 0.457 e. The Labute approximate surface area is 453 Å². The highest BCUT2D eigenvalue weighted by Gasteiger charge is 2.31. The van der Waals surface area contributed by atoms with Crippen molar-refractivity contribution < 1.29 is 64.9 Å². The molecular formula is C52H64F6N10O9S. The number of isothiocyanates is 1.